The third-order valence-corrected chi connectivity index (χ3v) is 5.03. The Morgan fingerprint density at radius 3 is 2.28 bits per heavy atom. The van der Waals surface area contributed by atoms with E-state index in [2.05, 4.69) is 20.6 Å². The number of H-pyrrole nitrogens is 1. The van der Waals surface area contributed by atoms with Gasteiger partial charge < -0.3 is 20.2 Å². The number of amides is 2. The molecular formula is C24H31N5O3. The number of hydrogen-bond acceptors (Lipinski definition) is 4. The van der Waals surface area contributed by atoms with Crippen molar-refractivity contribution in [2.45, 2.75) is 66.1 Å². The van der Waals surface area contributed by atoms with Gasteiger partial charge in [0.2, 0.25) is 5.43 Å². The Morgan fingerprint density at radius 1 is 1.06 bits per heavy atom. The van der Waals surface area contributed by atoms with Gasteiger partial charge in [-0.25, -0.2) is 4.98 Å². The fourth-order valence-electron chi connectivity index (χ4n) is 3.32. The number of aromatic nitrogens is 3. The second-order valence-electron chi connectivity index (χ2n) is 9.50. The Hall–Kier alpha value is -3.42. The van der Waals surface area contributed by atoms with E-state index in [1.54, 1.807) is 11.5 Å². The van der Waals surface area contributed by atoms with E-state index in [9.17, 15) is 14.4 Å². The van der Waals surface area contributed by atoms with Crippen LogP contribution in [0.15, 0.2) is 35.4 Å². The maximum atomic E-state index is 13.1. The lowest BCUT2D eigenvalue weighted by atomic mass is 10.1. The number of carbonyl (C=O) groups is 2. The number of fused-ring (bicyclic) bond motifs is 1. The van der Waals surface area contributed by atoms with Gasteiger partial charge in [-0.1, -0.05) is 6.07 Å². The average Bonchev–Trinajstić information content (AvgIpc) is 3.09. The van der Waals surface area contributed by atoms with Crippen LogP contribution in [0.1, 0.15) is 85.7 Å². The van der Waals surface area contributed by atoms with Crippen LogP contribution in [0.4, 0.5) is 0 Å². The highest BCUT2D eigenvalue weighted by atomic mass is 16.2. The predicted octanol–water partition coefficient (Wildman–Crippen LogP) is 3.63. The standard InChI is InChI=1S/C24H31N5O3/c1-13(2)29-11-16(20(30)17(12-29)23(32)28-24(5,6)7)22(31)25-15(4)21-26-18-9-8-14(3)10-19(18)27-21/h8-13,15H,1-7H3,(H,25,31)(H,26,27)(H,28,32). The van der Waals surface area contributed by atoms with Crippen molar-refractivity contribution in [2.75, 3.05) is 0 Å². The summed E-state index contributed by atoms with van der Waals surface area (Å²) >= 11 is 0. The van der Waals surface area contributed by atoms with Crippen LogP contribution in [0, 0.1) is 6.92 Å². The Morgan fingerprint density at radius 2 is 1.69 bits per heavy atom. The van der Waals surface area contributed by atoms with E-state index in [1.807, 2.05) is 59.7 Å². The number of hydrogen-bond donors (Lipinski definition) is 3. The molecule has 0 saturated carbocycles. The zero-order chi connectivity index (χ0) is 23.8. The molecule has 0 fully saturated rings. The molecule has 8 heteroatoms. The smallest absolute Gasteiger partial charge is 0.257 e. The van der Waals surface area contributed by atoms with Gasteiger partial charge in [0.25, 0.3) is 11.8 Å². The van der Waals surface area contributed by atoms with Crippen molar-refractivity contribution in [1.29, 1.82) is 0 Å². The number of nitrogens with one attached hydrogen (secondary N) is 3. The van der Waals surface area contributed by atoms with Gasteiger partial charge in [0.05, 0.1) is 17.1 Å². The van der Waals surface area contributed by atoms with Crippen LogP contribution in [0.25, 0.3) is 11.0 Å². The largest absolute Gasteiger partial charge is 0.350 e. The Labute approximate surface area is 187 Å². The number of rotatable bonds is 5. The van der Waals surface area contributed by atoms with Gasteiger partial charge in [0.15, 0.2) is 0 Å². The molecule has 3 aromatic rings. The lowest BCUT2D eigenvalue weighted by Gasteiger charge is -2.21. The molecule has 8 nitrogen and oxygen atoms in total. The number of aromatic amines is 1. The second-order valence-corrected chi connectivity index (χ2v) is 9.50. The first-order chi connectivity index (χ1) is 14.9. The SMILES string of the molecule is Cc1ccc2nc(C(C)NC(=O)c3cn(C(C)C)cc(C(=O)NC(C)(C)C)c3=O)[nH]c2c1. The Balaban J connectivity index is 1.93. The van der Waals surface area contributed by atoms with Crippen molar-refractivity contribution in [1.82, 2.24) is 25.2 Å². The van der Waals surface area contributed by atoms with Crippen LogP contribution < -0.4 is 16.1 Å². The number of aryl methyl sites for hydroxylation is 1. The van der Waals surface area contributed by atoms with Crippen molar-refractivity contribution in [3.8, 4) is 0 Å². The first kappa shape index (κ1) is 23.2. The summed E-state index contributed by atoms with van der Waals surface area (Å²) in [6, 6.07) is 5.36. The summed E-state index contributed by atoms with van der Waals surface area (Å²) in [5.74, 6) is -0.476. The van der Waals surface area contributed by atoms with E-state index in [1.165, 1.54) is 12.4 Å². The molecule has 170 valence electrons. The highest BCUT2D eigenvalue weighted by Gasteiger charge is 2.24. The first-order valence-corrected chi connectivity index (χ1v) is 10.7. The van der Waals surface area contributed by atoms with Gasteiger partial charge in [-0.05, 0) is 66.2 Å². The molecule has 0 radical (unpaired) electrons. The van der Waals surface area contributed by atoms with Crippen LogP contribution in [0.5, 0.6) is 0 Å². The summed E-state index contributed by atoms with van der Waals surface area (Å²) < 4.78 is 1.70. The number of benzene rings is 1. The number of carbonyl (C=O) groups excluding carboxylic acids is 2. The van der Waals surface area contributed by atoms with Gasteiger partial charge in [0, 0.05) is 24.0 Å². The van der Waals surface area contributed by atoms with E-state index < -0.39 is 28.8 Å². The number of pyridine rings is 1. The highest BCUT2D eigenvalue weighted by Crippen LogP contribution is 2.18. The van der Waals surface area contributed by atoms with Crippen molar-refractivity contribution in [3.05, 3.63) is 63.3 Å². The zero-order valence-corrected chi connectivity index (χ0v) is 19.7. The molecular weight excluding hydrogens is 406 g/mol. The van der Waals surface area contributed by atoms with E-state index in [0.29, 0.717) is 5.82 Å². The quantitative estimate of drug-likeness (QED) is 0.566. The molecule has 1 aromatic carbocycles. The molecule has 0 spiro atoms. The van der Waals surface area contributed by atoms with E-state index in [-0.39, 0.29) is 17.2 Å². The minimum Gasteiger partial charge on any atom is -0.350 e. The van der Waals surface area contributed by atoms with Gasteiger partial charge in [-0.3, -0.25) is 14.4 Å². The van der Waals surface area contributed by atoms with Crippen LogP contribution in [-0.4, -0.2) is 31.9 Å². The molecule has 2 amide bonds. The highest BCUT2D eigenvalue weighted by molar-refractivity contribution is 5.99. The monoisotopic (exact) mass is 437 g/mol. The second kappa shape index (κ2) is 8.61. The maximum absolute atomic E-state index is 13.1. The van der Waals surface area contributed by atoms with Crippen LogP contribution in [-0.2, 0) is 0 Å². The van der Waals surface area contributed by atoms with Crippen LogP contribution in [0.2, 0.25) is 0 Å². The summed E-state index contributed by atoms with van der Waals surface area (Å²) in [5.41, 5.74) is 1.52. The zero-order valence-electron chi connectivity index (χ0n) is 19.7. The van der Waals surface area contributed by atoms with Gasteiger partial charge >= 0.3 is 0 Å². The predicted molar refractivity (Wildman–Crippen MR) is 125 cm³/mol. The summed E-state index contributed by atoms with van der Waals surface area (Å²) in [7, 11) is 0. The molecule has 3 rings (SSSR count). The normalized spacial score (nSPS) is 12.8. The van der Waals surface area contributed by atoms with Crippen molar-refractivity contribution < 1.29 is 9.59 Å². The molecule has 1 atom stereocenters. The minimum absolute atomic E-state index is 0.0422. The molecule has 1 unspecified atom stereocenters. The van der Waals surface area contributed by atoms with Gasteiger partial charge in [0.1, 0.15) is 17.0 Å². The molecule has 0 aliphatic carbocycles. The minimum atomic E-state index is -0.603. The summed E-state index contributed by atoms with van der Waals surface area (Å²) in [4.78, 5) is 46.6. The Bertz CT molecular complexity index is 1230. The summed E-state index contributed by atoms with van der Waals surface area (Å²) in [5, 5.41) is 5.63. The summed E-state index contributed by atoms with van der Waals surface area (Å²) in [6.07, 6.45) is 2.99. The fourth-order valence-corrected chi connectivity index (χ4v) is 3.32. The molecule has 0 bridgehead atoms. The topological polar surface area (TPSA) is 109 Å². The molecule has 2 aromatic heterocycles. The third-order valence-electron chi connectivity index (χ3n) is 5.03. The first-order valence-electron chi connectivity index (χ1n) is 10.7. The van der Waals surface area contributed by atoms with Crippen molar-refractivity contribution in [3.63, 3.8) is 0 Å². The van der Waals surface area contributed by atoms with E-state index in [0.717, 1.165) is 16.6 Å². The molecule has 0 aliphatic rings. The van der Waals surface area contributed by atoms with Gasteiger partial charge in [-0.2, -0.15) is 0 Å². The average molecular weight is 438 g/mol. The number of imidazole rings is 1. The molecule has 32 heavy (non-hydrogen) atoms. The van der Waals surface area contributed by atoms with Crippen molar-refractivity contribution >= 4 is 22.8 Å². The van der Waals surface area contributed by atoms with E-state index >= 15 is 0 Å². The van der Waals surface area contributed by atoms with E-state index in [4.69, 9.17) is 0 Å². The molecule has 3 N–H and O–H groups in total. The molecule has 0 aliphatic heterocycles. The maximum Gasteiger partial charge on any atom is 0.257 e. The lowest BCUT2D eigenvalue weighted by Crippen LogP contribution is -2.43. The van der Waals surface area contributed by atoms with Crippen molar-refractivity contribution in [2.24, 2.45) is 0 Å². The fraction of sp³-hybridized carbons (Fsp3) is 0.417. The number of nitrogens with zero attached hydrogens (tertiary/aromatic N) is 2. The lowest BCUT2D eigenvalue weighted by molar-refractivity contribution is 0.0917. The Kier molecular flexibility index (Phi) is 6.25. The van der Waals surface area contributed by atoms with Gasteiger partial charge in [-0.15, -0.1) is 0 Å². The third kappa shape index (κ3) is 5.07. The molecule has 2 heterocycles. The molecule has 0 saturated heterocycles. The van der Waals surface area contributed by atoms with Crippen LogP contribution in [0.3, 0.4) is 0 Å². The summed E-state index contributed by atoms with van der Waals surface area (Å²) in [6.45, 7) is 13.1. The van der Waals surface area contributed by atoms with Crippen LogP contribution >= 0.6 is 0 Å².